The number of amides is 2. The van der Waals surface area contributed by atoms with Gasteiger partial charge >= 0.3 is 12.1 Å². The molecule has 2 atom stereocenters. The van der Waals surface area contributed by atoms with Crippen LogP contribution in [0.3, 0.4) is 0 Å². The van der Waals surface area contributed by atoms with Crippen LogP contribution < -0.4 is 10.6 Å². The van der Waals surface area contributed by atoms with Crippen molar-refractivity contribution in [3.05, 3.63) is 35.9 Å². The van der Waals surface area contributed by atoms with Crippen LogP contribution in [0.15, 0.2) is 35.3 Å². The van der Waals surface area contributed by atoms with E-state index >= 15 is 0 Å². The van der Waals surface area contributed by atoms with Gasteiger partial charge in [-0.2, -0.15) is 0 Å². The monoisotopic (exact) mass is 432 g/mol. The molecular formula is C22H32N4O5. The van der Waals surface area contributed by atoms with Crippen LogP contribution in [0.5, 0.6) is 0 Å². The maximum Gasteiger partial charge on any atom is 0.408 e. The standard InChI is InChI=1S/C22H32N4O5/c1-5-30-19(27)14-26(13-16-9-7-6-8-10-16)20(28)18(11-17-12-23-15-24-17)25-21(29)31-22(2,3)4/h6-10,15,17-18H,5,11-14H2,1-4H3,(H,23,24)(H,25,29)/t17?,18-/m1/s1. The average molecular weight is 433 g/mol. The second-order valence-electron chi connectivity index (χ2n) is 8.26. The summed E-state index contributed by atoms with van der Waals surface area (Å²) >= 11 is 0. The highest BCUT2D eigenvalue weighted by Crippen LogP contribution is 2.13. The minimum Gasteiger partial charge on any atom is -0.465 e. The molecule has 0 bridgehead atoms. The Bertz CT molecular complexity index is 776. The van der Waals surface area contributed by atoms with Gasteiger partial charge < -0.3 is 25.0 Å². The molecule has 1 aliphatic rings. The molecule has 2 N–H and O–H groups in total. The number of hydrogen-bond donors (Lipinski definition) is 2. The Morgan fingerprint density at radius 3 is 2.55 bits per heavy atom. The van der Waals surface area contributed by atoms with Crippen LogP contribution in [0.25, 0.3) is 0 Å². The zero-order valence-corrected chi connectivity index (χ0v) is 18.6. The average Bonchev–Trinajstić information content (AvgIpc) is 3.19. The molecule has 0 aliphatic carbocycles. The van der Waals surface area contributed by atoms with Gasteiger partial charge in [0, 0.05) is 19.5 Å². The molecule has 1 aromatic rings. The second kappa shape index (κ2) is 11.3. The van der Waals surface area contributed by atoms with Gasteiger partial charge in [0.15, 0.2) is 0 Å². The quantitative estimate of drug-likeness (QED) is 0.577. The highest BCUT2D eigenvalue weighted by Gasteiger charge is 2.32. The number of esters is 1. The van der Waals surface area contributed by atoms with E-state index in [9.17, 15) is 14.4 Å². The molecule has 0 aromatic heterocycles. The number of carbonyl (C=O) groups is 3. The van der Waals surface area contributed by atoms with E-state index in [1.807, 2.05) is 30.3 Å². The maximum absolute atomic E-state index is 13.5. The van der Waals surface area contributed by atoms with Crippen molar-refractivity contribution in [3.63, 3.8) is 0 Å². The van der Waals surface area contributed by atoms with Crippen LogP contribution in [0.2, 0.25) is 0 Å². The van der Waals surface area contributed by atoms with E-state index in [2.05, 4.69) is 15.6 Å². The predicted molar refractivity (Wildman–Crippen MR) is 117 cm³/mol. The zero-order chi connectivity index (χ0) is 22.9. The predicted octanol–water partition coefficient (Wildman–Crippen LogP) is 1.86. The van der Waals surface area contributed by atoms with Crippen LogP contribution >= 0.6 is 0 Å². The fourth-order valence-electron chi connectivity index (χ4n) is 3.09. The molecule has 0 radical (unpaired) electrons. The highest BCUT2D eigenvalue weighted by atomic mass is 16.6. The summed E-state index contributed by atoms with van der Waals surface area (Å²) in [5.74, 6) is -0.909. The van der Waals surface area contributed by atoms with Gasteiger partial charge in [-0.1, -0.05) is 30.3 Å². The molecule has 0 spiro atoms. The van der Waals surface area contributed by atoms with E-state index in [0.717, 1.165) is 5.56 Å². The number of ether oxygens (including phenoxy) is 2. The molecule has 2 rings (SSSR count). The molecule has 9 heteroatoms. The third-order valence-corrected chi connectivity index (χ3v) is 4.38. The molecule has 1 heterocycles. The van der Waals surface area contributed by atoms with Crippen LogP contribution in [-0.2, 0) is 25.6 Å². The van der Waals surface area contributed by atoms with E-state index in [0.29, 0.717) is 6.54 Å². The molecule has 9 nitrogen and oxygen atoms in total. The first kappa shape index (κ1) is 24.2. The van der Waals surface area contributed by atoms with E-state index in [1.165, 1.54) is 4.90 Å². The van der Waals surface area contributed by atoms with E-state index in [1.54, 1.807) is 34.0 Å². The topological polar surface area (TPSA) is 109 Å². The highest BCUT2D eigenvalue weighted by molar-refractivity contribution is 5.88. The third-order valence-electron chi connectivity index (χ3n) is 4.38. The number of benzene rings is 1. The van der Waals surface area contributed by atoms with Crippen molar-refractivity contribution in [2.45, 2.75) is 58.3 Å². The fourth-order valence-corrected chi connectivity index (χ4v) is 3.09. The van der Waals surface area contributed by atoms with Gasteiger partial charge in [0.1, 0.15) is 18.2 Å². The van der Waals surface area contributed by atoms with Crippen molar-refractivity contribution in [1.82, 2.24) is 15.5 Å². The van der Waals surface area contributed by atoms with Gasteiger partial charge in [0.25, 0.3) is 0 Å². The molecule has 0 saturated carbocycles. The first-order chi connectivity index (χ1) is 14.7. The molecule has 0 saturated heterocycles. The summed E-state index contributed by atoms with van der Waals surface area (Å²) in [5, 5.41) is 5.66. The summed E-state index contributed by atoms with van der Waals surface area (Å²) in [6.45, 7) is 7.71. The largest absolute Gasteiger partial charge is 0.465 e. The Morgan fingerprint density at radius 1 is 1.26 bits per heavy atom. The van der Waals surface area contributed by atoms with Crippen molar-refractivity contribution in [1.29, 1.82) is 0 Å². The maximum atomic E-state index is 13.5. The van der Waals surface area contributed by atoms with E-state index in [-0.39, 0.29) is 32.2 Å². The first-order valence-corrected chi connectivity index (χ1v) is 10.4. The molecule has 2 amide bonds. The SMILES string of the molecule is CCOC(=O)CN(Cc1ccccc1)C(=O)[C@@H](CC1CNC=N1)NC(=O)OC(C)(C)C. The second-order valence-corrected chi connectivity index (χ2v) is 8.26. The smallest absolute Gasteiger partial charge is 0.408 e. The van der Waals surface area contributed by atoms with Gasteiger partial charge in [-0.25, -0.2) is 4.79 Å². The summed E-state index contributed by atoms with van der Waals surface area (Å²) < 4.78 is 10.4. The van der Waals surface area contributed by atoms with Crippen LogP contribution in [0, 0.1) is 0 Å². The lowest BCUT2D eigenvalue weighted by atomic mass is 10.1. The first-order valence-electron chi connectivity index (χ1n) is 10.4. The lowest BCUT2D eigenvalue weighted by Crippen LogP contribution is -2.52. The van der Waals surface area contributed by atoms with E-state index in [4.69, 9.17) is 9.47 Å². The number of hydrogen-bond acceptors (Lipinski definition) is 7. The van der Waals surface area contributed by atoms with Crippen LogP contribution in [0.4, 0.5) is 4.79 Å². The van der Waals surface area contributed by atoms with Gasteiger partial charge in [-0.15, -0.1) is 0 Å². The Balaban J connectivity index is 2.21. The van der Waals surface area contributed by atoms with Crippen LogP contribution in [-0.4, -0.2) is 66.6 Å². The summed E-state index contributed by atoms with van der Waals surface area (Å²) in [6, 6.07) is 8.24. The van der Waals surface area contributed by atoms with Crippen molar-refractivity contribution >= 4 is 24.3 Å². The normalized spacial score (nSPS) is 16.2. The fraction of sp³-hybridized carbons (Fsp3) is 0.545. The Labute approximate surface area is 183 Å². The number of carbonyl (C=O) groups excluding carboxylic acids is 3. The Kier molecular flexibility index (Phi) is 8.84. The zero-order valence-electron chi connectivity index (χ0n) is 18.6. The van der Waals surface area contributed by atoms with Gasteiger partial charge in [-0.3, -0.25) is 14.6 Å². The number of rotatable bonds is 9. The van der Waals surface area contributed by atoms with Crippen molar-refractivity contribution in [3.8, 4) is 0 Å². The molecule has 0 fully saturated rings. The Hall–Kier alpha value is -3.10. The lowest BCUT2D eigenvalue weighted by Gasteiger charge is -2.29. The van der Waals surface area contributed by atoms with Gasteiger partial charge in [-0.05, 0) is 33.3 Å². The molecule has 1 unspecified atom stereocenters. The minimum absolute atomic E-state index is 0.176. The number of aliphatic imine (C=N–C) groups is 1. The number of nitrogens with zero attached hydrogens (tertiary/aromatic N) is 2. The molecule has 1 aliphatic heterocycles. The summed E-state index contributed by atoms with van der Waals surface area (Å²) in [7, 11) is 0. The molecule has 170 valence electrons. The number of nitrogens with one attached hydrogen (secondary N) is 2. The molecule has 1 aromatic carbocycles. The summed E-state index contributed by atoms with van der Waals surface area (Å²) in [5.41, 5.74) is 0.149. The van der Waals surface area contributed by atoms with E-state index < -0.39 is 29.6 Å². The Morgan fingerprint density at radius 2 is 1.97 bits per heavy atom. The summed E-state index contributed by atoms with van der Waals surface area (Å²) in [6.07, 6.45) is 1.16. The van der Waals surface area contributed by atoms with Gasteiger partial charge in [0.05, 0.1) is 19.0 Å². The van der Waals surface area contributed by atoms with Crippen molar-refractivity contribution in [2.24, 2.45) is 4.99 Å². The minimum atomic E-state index is -0.907. The molecular weight excluding hydrogens is 400 g/mol. The van der Waals surface area contributed by atoms with Crippen molar-refractivity contribution in [2.75, 3.05) is 19.7 Å². The van der Waals surface area contributed by atoms with Crippen molar-refractivity contribution < 1.29 is 23.9 Å². The third kappa shape index (κ3) is 8.65. The van der Waals surface area contributed by atoms with Gasteiger partial charge in [0.2, 0.25) is 5.91 Å². The number of alkyl carbamates (subject to hydrolysis) is 1. The lowest BCUT2D eigenvalue weighted by molar-refractivity contribution is -0.150. The van der Waals surface area contributed by atoms with Crippen LogP contribution in [0.1, 0.15) is 39.7 Å². The molecule has 31 heavy (non-hydrogen) atoms. The summed E-state index contributed by atoms with van der Waals surface area (Å²) in [4.78, 5) is 43.7.